The maximum Gasteiger partial charge on any atom is 0.226 e. The molecule has 3 heteroatoms. The first-order valence-corrected chi connectivity index (χ1v) is 7.25. The molecule has 1 rings (SSSR count). The van der Waals surface area contributed by atoms with Crippen LogP contribution in [0.25, 0.3) is 0 Å². The summed E-state index contributed by atoms with van der Waals surface area (Å²) < 4.78 is 0. The molecule has 2 unspecified atom stereocenters. The molecule has 0 aliphatic rings. The van der Waals surface area contributed by atoms with Gasteiger partial charge in [0.05, 0.1) is 11.5 Å². The van der Waals surface area contributed by atoms with Crippen molar-refractivity contribution in [2.75, 3.05) is 14.1 Å². The van der Waals surface area contributed by atoms with E-state index in [1.165, 1.54) is 5.56 Å². The van der Waals surface area contributed by atoms with Crippen LogP contribution in [0.1, 0.15) is 38.8 Å². The molecule has 0 fully saturated rings. The number of carbonyl (C=O) groups excluding carboxylic acids is 1. The minimum atomic E-state index is -0.545. The van der Waals surface area contributed by atoms with Gasteiger partial charge in [-0.25, -0.2) is 0 Å². The highest BCUT2D eigenvalue weighted by Crippen LogP contribution is 2.24. The van der Waals surface area contributed by atoms with Gasteiger partial charge in [0.1, 0.15) is 0 Å². The van der Waals surface area contributed by atoms with E-state index in [1.54, 1.807) is 0 Å². The van der Waals surface area contributed by atoms with Crippen LogP contribution in [0, 0.1) is 17.8 Å². The summed E-state index contributed by atoms with van der Waals surface area (Å²) in [6, 6.07) is 10.3. The van der Waals surface area contributed by atoms with E-state index < -0.39 is 5.41 Å². The molecule has 0 saturated carbocycles. The van der Waals surface area contributed by atoms with Crippen molar-refractivity contribution >= 4 is 5.91 Å². The highest BCUT2D eigenvalue weighted by atomic mass is 16.2. The first-order valence-electron chi connectivity index (χ1n) is 7.25. The fourth-order valence-corrected chi connectivity index (χ4v) is 2.50. The number of carbonyl (C=O) groups is 1. The van der Waals surface area contributed by atoms with Gasteiger partial charge in [0.15, 0.2) is 0 Å². The average molecular weight is 286 g/mol. The van der Waals surface area contributed by atoms with Crippen molar-refractivity contribution in [3.8, 4) is 12.3 Å². The van der Waals surface area contributed by atoms with Crippen LogP contribution in [-0.4, -0.2) is 30.9 Å². The van der Waals surface area contributed by atoms with Crippen molar-refractivity contribution in [2.45, 2.75) is 39.3 Å². The standard InChI is InChI=1S/C18H26N2O/c1-7-13-18(3,4)17(21)19-14(2)16(20(5)6)15-11-9-8-10-12-15/h1,8-12,14,16H,13H2,2-6H3,(H,19,21). The summed E-state index contributed by atoms with van der Waals surface area (Å²) in [5.74, 6) is 2.57. The zero-order chi connectivity index (χ0) is 16.0. The maximum atomic E-state index is 12.4. The smallest absolute Gasteiger partial charge is 0.226 e. The van der Waals surface area contributed by atoms with Gasteiger partial charge in [0, 0.05) is 12.5 Å². The average Bonchev–Trinajstić information content (AvgIpc) is 2.39. The van der Waals surface area contributed by atoms with Crippen LogP contribution in [0.4, 0.5) is 0 Å². The first-order chi connectivity index (χ1) is 9.79. The summed E-state index contributed by atoms with van der Waals surface area (Å²) in [5, 5.41) is 3.11. The number of hydrogen-bond donors (Lipinski definition) is 1. The number of terminal acetylenes is 1. The lowest BCUT2D eigenvalue weighted by Gasteiger charge is -2.33. The second-order valence-corrected chi connectivity index (χ2v) is 6.35. The number of amides is 1. The highest BCUT2D eigenvalue weighted by Gasteiger charge is 2.30. The predicted molar refractivity (Wildman–Crippen MR) is 87.7 cm³/mol. The fourth-order valence-electron chi connectivity index (χ4n) is 2.50. The van der Waals surface area contributed by atoms with Crippen LogP contribution < -0.4 is 5.32 Å². The van der Waals surface area contributed by atoms with Gasteiger partial charge in [-0.05, 0) is 26.6 Å². The quantitative estimate of drug-likeness (QED) is 0.816. The zero-order valence-corrected chi connectivity index (χ0v) is 13.7. The Balaban J connectivity index is 2.87. The summed E-state index contributed by atoms with van der Waals surface area (Å²) >= 11 is 0. The summed E-state index contributed by atoms with van der Waals surface area (Å²) in [6.45, 7) is 5.78. The molecular weight excluding hydrogens is 260 g/mol. The molecule has 0 spiro atoms. The van der Waals surface area contributed by atoms with E-state index >= 15 is 0 Å². The van der Waals surface area contributed by atoms with Gasteiger partial charge in [-0.3, -0.25) is 4.79 Å². The molecule has 2 atom stereocenters. The first kappa shape index (κ1) is 17.3. The van der Waals surface area contributed by atoms with Gasteiger partial charge >= 0.3 is 0 Å². The summed E-state index contributed by atoms with van der Waals surface area (Å²) in [6.07, 6.45) is 5.78. The lowest BCUT2D eigenvalue weighted by molar-refractivity contribution is -0.130. The van der Waals surface area contributed by atoms with Gasteiger partial charge < -0.3 is 10.2 Å². The molecule has 0 saturated heterocycles. The van der Waals surface area contributed by atoms with E-state index in [1.807, 2.05) is 53.1 Å². The lowest BCUT2D eigenvalue weighted by atomic mass is 9.88. The van der Waals surface area contributed by atoms with Crippen LogP contribution in [0.2, 0.25) is 0 Å². The van der Waals surface area contributed by atoms with Crippen molar-refractivity contribution in [1.29, 1.82) is 0 Å². The maximum absolute atomic E-state index is 12.4. The van der Waals surface area contributed by atoms with Gasteiger partial charge in [0.2, 0.25) is 5.91 Å². The number of rotatable bonds is 6. The van der Waals surface area contributed by atoms with E-state index in [-0.39, 0.29) is 18.0 Å². The monoisotopic (exact) mass is 286 g/mol. The Morgan fingerprint density at radius 3 is 2.38 bits per heavy atom. The minimum Gasteiger partial charge on any atom is -0.351 e. The zero-order valence-electron chi connectivity index (χ0n) is 13.7. The fraction of sp³-hybridized carbons (Fsp3) is 0.500. The molecule has 0 aliphatic carbocycles. The SMILES string of the molecule is C#CCC(C)(C)C(=O)NC(C)C(c1ccccc1)N(C)C. The van der Waals surface area contributed by atoms with Gasteiger partial charge in [-0.1, -0.05) is 44.2 Å². The van der Waals surface area contributed by atoms with Crippen LogP contribution >= 0.6 is 0 Å². The number of hydrogen-bond acceptors (Lipinski definition) is 2. The highest BCUT2D eigenvalue weighted by molar-refractivity contribution is 5.82. The molecule has 0 aliphatic heterocycles. The normalized spacial score (nSPS) is 14.3. The molecule has 1 aromatic carbocycles. The Labute approximate surface area is 128 Å². The van der Waals surface area contributed by atoms with E-state index in [2.05, 4.69) is 28.3 Å². The third kappa shape index (κ3) is 4.61. The molecule has 0 bridgehead atoms. The number of nitrogens with zero attached hydrogens (tertiary/aromatic N) is 1. The second-order valence-electron chi connectivity index (χ2n) is 6.35. The summed E-state index contributed by atoms with van der Waals surface area (Å²) in [5.41, 5.74) is 0.640. The molecule has 1 N–H and O–H groups in total. The predicted octanol–water partition coefficient (Wildman–Crippen LogP) is 2.84. The molecule has 1 aromatic rings. The topological polar surface area (TPSA) is 32.3 Å². The molecule has 0 heterocycles. The third-order valence-corrected chi connectivity index (χ3v) is 3.69. The molecule has 1 amide bonds. The summed E-state index contributed by atoms with van der Waals surface area (Å²) in [4.78, 5) is 14.5. The Morgan fingerprint density at radius 2 is 1.90 bits per heavy atom. The van der Waals surface area contributed by atoms with Crippen LogP contribution in [-0.2, 0) is 4.79 Å². The molecule has 0 aromatic heterocycles. The van der Waals surface area contributed by atoms with Crippen LogP contribution in [0.5, 0.6) is 0 Å². The van der Waals surface area contributed by atoms with Crippen LogP contribution in [0.15, 0.2) is 30.3 Å². The van der Waals surface area contributed by atoms with E-state index in [4.69, 9.17) is 6.42 Å². The number of likely N-dealkylation sites (N-methyl/N-ethyl adjacent to an activating group) is 1. The van der Waals surface area contributed by atoms with E-state index in [0.29, 0.717) is 6.42 Å². The van der Waals surface area contributed by atoms with Crippen molar-refractivity contribution in [1.82, 2.24) is 10.2 Å². The third-order valence-electron chi connectivity index (χ3n) is 3.69. The Bertz CT molecular complexity index is 500. The minimum absolute atomic E-state index is 0.00395. The van der Waals surface area contributed by atoms with Crippen molar-refractivity contribution < 1.29 is 4.79 Å². The van der Waals surface area contributed by atoms with E-state index in [0.717, 1.165) is 0 Å². The van der Waals surface area contributed by atoms with Crippen molar-refractivity contribution in [2.24, 2.45) is 5.41 Å². The molecule has 0 radical (unpaired) electrons. The molecule has 114 valence electrons. The van der Waals surface area contributed by atoms with Gasteiger partial charge in [-0.2, -0.15) is 0 Å². The molecule has 3 nitrogen and oxygen atoms in total. The van der Waals surface area contributed by atoms with Crippen molar-refractivity contribution in [3.05, 3.63) is 35.9 Å². The molecule has 21 heavy (non-hydrogen) atoms. The lowest BCUT2D eigenvalue weighted by Crippen LogP contribution is -2.47. The van der Waals surface area contributed by atoms with Crippen LogP contribution in [0.3, 0.4) is 0 Å². The van der Waals surface area contributed by atoms with Crippen molar-refractivity contribution in [3.63, 3.8) is 0 Å². The van der Waals surface area contributed by atoms with Gasteiger partial charge in [-0.15, -0.1) is 12.3 Å². The Morgan fingerprint density at radius 1 is 1.33 bits per heavy atom. The summed E-state index contributed by atoms with van der Waals surface area (Å²) in [7, 11) is 4.04. The second kappa shape index (κ2) is 7.28. The Kier molecular flexibility index (Phi) is 5.99. The largest absolute Gasteiger partial charge is 0.351 e. The number of nitrogens with one attached hydrogen (secondary N) is 1. The van der Waals surface area contributed by atoms with Gasteiger partial charge in [0.25, 0.3) is 0 Å². The Hall–Kier alpha value is -1.79. The number of benzene rings is 1. The van der Waals surface area contributed by atoms with E-state index in [9.17, 15) is 4.79 Å². The molecular formula is C18H26N2O.